The number of alkyl halides is 3. The molecule has 0 saturated carbocycles. The number of benzene rings is 3. The van der Waals surface area contributed by atoms with Gasteiger partial charge in [-0.2, -0.15) is 0 Å². The Labute approximate surface area is 275 Å². The topological polar surface area (TPSA) is 79.7 Å². The predicted octanol–water partition coefficient (Wildman–Crippen LogP) is 8.11. The van der Waals surface area contributed by atoms with Crippen LogP contribution in [0.3, 0.4) is 0 Å². The van der Waals surface area contributed by atoms with E-state index in [-0.39, 0.29) is 17.8 Å². The van der Waals surface area contributed by atoms with Crippen LogP contribution >= 0.6 is 0 Å². The van der Waals surface area contributed by atoms with Crippen molar-refractivity contribution >= 4 is 22.7 Å². The molecule has 0 aliphatic heterocycles. The lowest BCUT2D eigenvalue weighted by molar-refractivity contribution is -0.274. The van der Waals surface area contributed by atoms with Crippen LogP contribution in [0.4, 0.5) is 13.2 Å². The Hall–Kier alpha value is -4.22. The number of imidazole rings is 1. The molecule has 4 aromatic rings. The first kappa shape index (κ1) is 35.6. The Bertz CT molecular complexity index is 1670. The Morgan fingerprint density at radius 2 is 1.68 bits per heavy atom. The average Bonchev–Trinajstić information content (AvgIpc) is 3.40. The zero-order chi connectivity index (χ0) is 33.8. The Morgan fingerprint density at radius 3 is 2.36 bits per heavy atom. The number of nitrogens with zero attached hydrogens (tertiary/aromatic N) is 2. The number of carbonyl (C=O) groups is 1. The second kappa shape index (κ2) is 17.1. The average molecular weight is 669 g/mol. The normalized spacial score (nSPS) is 12.4. The van der Waals surface area contributed by atoms with Gasteiger partial charge in [-0.15, -0.1) is 13.2 Å². The van der Waals surface area contributed by atoms with Gasteiger partial charge >= 0.3 is 6.36 Å². The summed E-state index contributed by atoms with van der Waals surface area (Å²) in [6.07, 6.45) is 1.48. The molecule has 1 heterocycles. The van der Waals surface area contributed by atoms with E-state index in [0.29, 0.717) is 47.3 Å². The molecule has 47 heavy (non-hydrogen) atoms. The molecule has 3 aromatic carbocycles. The highest BCUT2D eigenvalue weighted by Crippen LogP contribution is 2.32. The molecule has 250 valence electrons. The number of carbonyl (C=O) groups excluding carboxylic acids is 1. The Kier molecular flexibility index (Phi) is 12.9. The number of halogens is 3. The fraction of sp³-hybridized carbons (Fsp3) is 0.333. The Balaban J connectivity index is 1.41. The summed E-state index contributed by atoms with van der Waals surface area (Å²) in [5.74, 6) is 0.243. The van der Waals surface area contributed by atoms with Crippen LogP contribution in [-0.4, -0.2) is 45.7 Å². The highest BCUT2D eigenvalue weighted by Gasteiger charge is 2.32. The maximum Gasteiger partial charge on any atom is 0.573 e. The first-order valence-electron chi connectivity index (χ1n) is 15.5. The molecule has 0 bridgehead atoms. The van der Waals surface area contributed by atoms with Gasteiger partial charge in [-0.3, -0.25) is 9.00 Å². The van der Waals surface area contributed by atoms with E-state index in [1.807, 2.05) is 30.5 Å². The molecule has 11 heteroatoms. The molecule has 0 N–H and O–H groups in total. The molecule has 4 rings (SSSR count). The third kappa shape index (κ3) is 10.9. The summed E-state index contributed by atoms with van der Waals surface area (Å²) in [6, 6.07) is 18.4. The number of aryl methyl sites for hydroxylation is 2. The highest BCUT2D eigenvalue weighted by atomic mass is 32.2. The van der Waals surface area contributed by atoms with Gasteiger partial charge in [0.05, 0.1) is 40.9 Å². The van der Waals surface area contributed by atoms with Crippen molar-refractivity contribution in [3.8, 4) is 22.6 Å². The van der Waals surface area contributed by atoms with Gasteiger partial charge in [-0.05, 0) is 85.5 Å². The van der Waals surface area contributed by atoms with E-state index in [1.165, 1.54) is 24.3 Å². The summed E-state index contributed by atoms with van der Waals surface area (Å²) in [4.78, 5) is 17.8. The summed E-state index contributed by atoms with van der Waals surface area (Å²) in [6.45, 7) is 8.29. The van der Waals surface area contributed by atoms with Crippen molar-refractivity contribution in [2.24, 2.45) is 0 Å². The molecule has 1 aromatic heterocycles. The zero-order valence-electron chi connectivity index (χ0n) is 26.7. The predicted molar refractivity (Wildman–Crippen MR) is 177 cm³/mol. The Morgan fingerprint density at radius 1 is 0.957 bits per heavy atom. The second-order valence-corrected chi connectivity index (χ2v) is 12.3. The van der Waals surface area contributed by atoms with Crippen molar-refractivity contribution in [3.05, 3.63) is 102 Å². The van der Waals surface area contributed by atoms with Gasteiger partial charge in [0.25, 0.3) is 0 Å². The smallest absolute Gasteiger partial charge is 0.491 e. The molecule has 0 aliphatic rings. The van der Waals surface area contributed by atoms with Gasteiger partial charge in [0.2, 0.25) is 0 Å². The maximum atomic E-state index is 13.2. The van der Waals surface area contributed by atoms with Crippen molar-refractivity contribution in [3.63, 3.8) is 0 Å². The fourth-order valence-electron chi connectivity index (χ4n) is 4.76. The van der Waals surface area contributed by atoms with Crippen molar-refractivity contribution in [2.45, 2.75) is 63.6 Å². The number of hydrogen-bond donors (Lipinski definition) is 0. The van der Waals surface area contributed by atoms with Crippen LogP contribution in [0.15, 0.2) is 84.0 Å². The van der Waals surface area contributed by atoms with Crippen LogP contribution in [0.1, 0.15) is 49.2 Å². The van der Waals surface area contributed by atoms with E-state index in [4.69, 9.17) is 9.47 Å². The third-order valence-corrected chi connectivity index (χ3v) is 8.67. The minimum Gasteiger partial charge on any atom is -0.491 e. The van der Waals surface area contributed by atoms with Gasteiger partial charge in [0.15, 0.2) is 5.78 Å². The molecule has 0 amide bonds. The van der Waals surface area contributed by atoms with Crippen LogP contribution in [0.2, 0.25) is 0 Å². The number of ketones is 1. The molecule has 0 aliphatic carbocycles. The zero-order valence-corrected chi connectivity index (χ0v) is 27.5. The van der Waals surface area contributed by atoms with Crippen LogP contribution in [0, 0.1) is 6.92 Å². The van der Waals surface area contributed by atoms with Gasteiger partial charge < -0.3 is 18.8 Å². The van der Waals surface area contributed by atoms with E-state index in [1.54, 1.807) is 48.8 Å². The summed E-state index contributed by atoms with van der Waals surface area (Å²) in [5.41, 5.74) is 3.93. The summed E-state index contributed by atoms with van der Waals surface area (Å²) in [7, 11) is -1.30. The largest absolute Gasteiger partial charge is 0.573 e. The van der Waals surface area contributed by atoms with Gasteiger partial charge in [0, 0.05) is 30.0 Å². The second-order valence-electron chi connectivity index (χ2n) is 10.8. The molecule has 0 spiro atoms. The molecule has 0 unspecified atom stereocenters. The molecule has 0 radical (unpaired) electrons. The van der Waals surface area contributed by atoms with Gasteiger partial charge in [0.1, 0.15) is 18.1 Å². The lowest BCUT2D eigenvalue weighted by atomic mass is 10.0. The quantitative estimate of drug-likeness (QED) is 0.0836. The molecule has 0 saturated heterocycles. The molecule has 1 atom stereocenters. The number of allylic oxidation sites excluding steroid dienone is 1. The van der Waals surface area contributed by atoms with Crippen LogP contribution in [0.5, 0.6) is 11.5 Å². The minimum atomic E-state index is -4.90. The highest BCUT2D eigenvalue weighted by molar-refractivity contribution is 7.84. The maximum absolute atomic E-state index is 13.2. The fourth-order valence-corrected chi connectivity index (χ4v) is 5.99. The monoisotopic (exact) mass is 668 g/mol. The first-order chi connectivity index (χ1) is 22.6. The van der Waals surface area contributed by atoms with Crippen LogP contribution in [-0.2, 0) is 39.0 Å². The first-order valence-corrected chi connectivity index (χ1v) is 16.8. The lowest BCUT2D eigenvalue weighted by Gasteiger charge is -2.13. The van der Waals surface area contributed by atoms with Gasteiger partial charge in [-0.25, -0.2) is 4.98 Å². The van der Waals surface area contributed by atoms with Crippen LogP contribution < -0.4 is 9.47 Å². The van der Waals surface area contributed by atoms with Crippen molar-refractivity contribution in [1.82, 2.24) is 9.55 Å². The number of ether oxygens (including phenoxy) is 3. The number of aromatic nitrogens is 2. The molecular weight excluding hydrogens is 629 g/mol. The number of rotatable bonds is 17. The lowest BCUT2D eigenvalue weighted by Crippen LogP contribution is -2.17. The summed E-state index contributed by atoms with van der Waals surface area (Å²) < 4.78 is 69.8. The molecule has 7 nitrogen and oxygen atoms in total. The minimum absolute atomic E-state index is 0.0192. The van der Waals surface area contributed by atoms with Crippen molar-refractivity contribution in [2.75, 3.05) is 19.8 Å². The molecular formula is C36H39F3N2O5S. The van der Waals surface area contributed by atoms with E-state index in [2.05, 4.69) is 16.6 Å². The van der Waals surface area contributed by atoms with E-state index in [0.717, 1.165) is 36.3 Å². The number of hydrogen-bond acceptors (Lipinski definition) is 6. The third-order valence-electron chi connectivity index (χ3n) is 7.34. The summed E-state index contributed by atoms with van der Waals surface area (Å²) >= 11 is 0. The number of unbranched alkanes of at least 4 members (excludes halogenated alkanes) is 1. The van der Waals surface area contributed by atoms with E-state index < -0.39 is 22.9 Å². The van der Waals surface area contributed by atoms with E-state index in [9.17, 15) is 22.2 Å². The van der Waals surface area contributed by atoms with Crippen molar-refractivity contribution < 1.29 is 36.4 Å². The standard InChI is InChI=1S/C36H39F3N2O5S/c1-4-6-19-44-20-21-45-32-14-10-28(11-15-32)29-12-18-35(46-36(37,38)39)30(23-29)9-13-31(42)22-27-7-16-33(17-8-27)47(43)24-34-26(3)40-25-41(34)5-2/h7-18,23,25H,4-6,19-22,24H2,1-3H3/b13-9+/t47-/m1/s1. The summed E-state index contributed by atoms with van der Waals surface area (Å²) in [5, 5.41) is 0. The van der Waals surface area contributed by atoms with Gasteiger partial charge in [-0.1, -0.05) is 43.7 Å². The molecule has 0 fully saturated rings. The van der Waals surface area contributed by atoms with Crippen molar-refractivity contribution in [1.29, 1.82) is 0 Å². The van der Waals surface area contributed by atoms with Crippen LogP contribution in [0.25, 0.3) is 17.2 Å². The SMILES string of the molecule is CCCCOCCOc1ccc(-c2ccc(OC(F)(F)F)c(/C=C/C(=O)Cc3ccc([S@](=O)Cc4c(C)ncn4CC)cc3)c2)cc1. The van der Waals surface area contributed by atoms with E-state index >= 15 is 0 Å².